The summed E-state index contributed by atoms with van der Waals surface area (Å²) in [6.07, 6.45) is -0.0641. The summed E-state index contributed by atoms with van der Waals surface area (Å²) in [6.45, 7) is 2.29. The molecule has 0 bridgehead atoms. The van der Waals surface area contributed by atoms with E-state index in [9.17, 15) is 32.6 Å². The third-order valence-electron chi connectivity index (χ3n) is 4.38. The number of benzene rings is 2. The van der Waals surface area contributed by atoms with E-state index in [1.165, 1.54) is 50.2 Å². The van der Waals surface area contributed by atoms with Gasteiger partial charge in [0.25, 0.3) is 5.91 Å². The van der Waals surface area contributed by atoms with Crippen LogP contribution in [0.5, 0.6) is 0 Å². The number of sulfonamides is 1. The summed E-state index contributed by atoms with van der Waals surface area (Å²) < 4.78 is 40.2. The van der Waals surface area contributed by atoms with Gasteiger partial charge >= 0.3 is 0 Å². The molecule has 2 aromatic carbocycles. The molecule has 0 unspecified atom stereocenters. The predicted molar refractivity (Wildman–Crippen MR) is 116 cm³/mol. The highest BCUT2D eigenvalue weighted by Crippen LogP contribution is 2.17. The maximum Gasteiger partial charge on any atom is 0.251 e. The van der Waals surface area contributed by atoms with Crippen LogP contribution in [0.3, 0.4) is 0 Å². The SMILES string of the molecule is CC(C)(CO)NS(=O)(=O)c1ccc(NC(=O)[C@H](CCO)NC(=O)c2ccc(F)cc2)cc1. The Labute approximate surface area is 185 Å². The Bertz CT molecular complexity index is 1040. The number of aliphatic hydroxyl groups excluding tert-OH is 2. The lowest BCUT2D eigenvalue weighted by Crippen LogP contribution is -2.46. The molecule has 0 aliphatic carbocycles. The molecule has 0 aliphatic heterocycles. The molecule has 0 aromatic heterocycles. The molecule has 0 radical (unpaired) electrons. The van der Waals surface area contributed by atoms with Crippen molar-refractivity contribution in [1.29, 1.82) is 0 Å². The monoisotopic (exact) mass is 467 g/mol. The van der Waals surface area contributed by atoms with Crippen molar-refractivity contribution >= 4 is 27.5 Å². The summed E-state index contributed by atoms with van der Waals surface area (Å²) in [4.78, 5) is 24.8. The highest BCUT2D eigenvalue weighted by molar-refractivity contribution is 7.89. The van der Waals surface area contributed by atoms with Crippen molar-refractivity contribution in [1.82, 2.24) is 10.0 Å². The van der Waals surface area contributed by atoms with Crippen LogP contribution in [0.1, 0.15) is 30.6 Å². The molecule has 0 aliphatic rings. The second-order valence-corrected chi connectivity index (χ2v) is 9.39. The number of carbonyl (C=O) groups excluding carboxylic acids is 2. The fourth-order valence-corrected chi connectivity index (χ4v) is 4.05. The molecule has 174 valence electrons. The first-order valence-corrected chi connectivity index (χ1v) is 11.2. The van der Waals surface area contributed by atoms with Gasteiger partial charge < -0.3 is 20.8 Å². The summed E-state index contributed by atoms with van der Waals surface area (Å²) in [7, 11) is -3.89. The summed E-state index contributed by atoms with van der Waals surface area (Å²) in [5.41, 5.74) is -0.629. The molecule has 2 aromatic rings. The van der Waals surface area contributed by atoms with Gasteiger partial charge in [-0.1, -0.05) is 0 Å². The molecule has 0 saturated heterocycles. The van der Waals surface area contributed by atoms with Crippen molar-refractivity contribution < 1.29 is 32.6 Å². The molecular formula is C21H26FN3O6S. The second kappa shape index (κ2) is 10.6. The Balaban J connectivity index is 2.08. The number of hydrogen-bond donors (Lipinski definition) is 5. The quantitative estimate of drug-likeness (QED) is 0.352. The lowest BCUT2D eigenvalue weighted by Gasteiger charge is -2.23. The molecule has 0 heterocycles. The van der Waals surface area contributed by atoms with Crippen molar-refractivity contribution in [3.63, 3.8) is 0 Å². The first-order chi connectivity index (χ1) is 15.0. The zero-order valence-corrected chi connectivity index (χ0v) is 18.4. The van der Waals surface area contributed by atoms with E-state index in [2.05, 4.69) is 15.4 Å². The molecular weight excluding hydrogens is 441 g/mol. The van der Waals surface area contributed by atoms with Crippen molar-refractivity contribution in [2.75, 3.05) is 18.5 Å². The number of aliphatic hydroxyl groups is 2. The minimum absolute atomic E-state index is 0.0615. The van der Waals surface area contributed by atoms with E-state index >= 15 is 0 Å². The van der Waals surface area contributed by atoms with Gasteiger partial charge in [-0.3, -0.25) is 9.59 Å². The normalized spacial score (nSPS) is 12.8. The Kier molecular flexibility index (Phi) is 8.44. The van der Waals surface area contributed by atoms with E-state index in [0.717, 1.165) is 12.1 Å². The van der Waals surface area contributed by atoms with Crippen molar-refractivity contribution in [3.05, 3.63) is 59.9 Å². The van der Waals surface area contributed by atoms with Crippen molar-refractivity contribution in [2.45, 2.75) is 36.7 Å². The van der Waals surface area contributed by atoms with Crippen LogP contribution >= 0.6 is 0 Å². The van der Waals surface area contributed by atoms with E-state index in [4.69, 9.17) is 0 Å². The maximum absolute atomic E-state index is 13.0. The van der Waals surface area contributed by atoms with Crippen LogP contribution in [-0.2, 0) is 14.8 Å². The molecule has 5 N–H and O–H groups in total. The number of amides is 2. The molecule has 9 nitrogen and oxygen atoms in total. The standard InChI is InChI=1S/C21H26FN3O6S/c1-21(2,13-27)25-32(30,31)17-9-7-16(8-10-17)23-20(29)18(11-12-26)24-19(28)14-3-5-15(22)6-4-14/h3-10,18,25-27H,11-13H2,1-2H3,(H,23,29)(H,24,28)/t18-/m0/s1. The number of rotatable bonds is 10. The molecule has 0 spiro atoms. The molecule has 0 saturated carbocycles. The summed E-state index contributed by atoms with van der Waals surface area (Å²) >= 11 is 0. The average molecular weight is 468 g/mol. The van der Waals surface area contributed by atoms with Gasteiger partial charge in [0.05, 0.1) is 17.0 Å². The highest BCUT2D eigenvalue weighted by Gasteiger charge is 2.26. The summed E-state index contributed by atoms with van der Waals surface area (Å²) in [6, 6.07) is 8.99. The fourth-order valence-electron chi connectivity index (χ4n) is 2.64. The predicted octanol–water partition coefficient (Wildman–Crippen LogP) is 0.994. The van der Waals surface area contributed by atoms with Gasteiger partial charge in [-0.25, -0.2) is 17.5 Å². The molecule has 32 heavy (non-hydrogen) atoms. The van der Waals surface area contributed by atoms with Crippen LogP contribution < -0.4 is 15.4 Å². The van der Waals surface area contributed by atoms with Crippen LogP contribution in [0.15, 0.2) is 53.4 Å². The van der Waals surface area contributed by atoms with E-state index < -0.39 is 45.8 Å². The van der Waals surface area contributed by atoms with Crippen molar-refractivity contribution in [2.24, 2.45) is 0 Å². The largest absolute Gasteiger partial charge is 0.396 e. The summed E-state index contributed by atoms with van der Waals surface area (Å²) in [5, 5.41) is 23.5. The van der Waals surface area contributed by atoms with Gasteiger partial charge in [0, 0.05) is 17.9 Å². The Morgan fingerprint density at radius 1 is 1.03 bits per heavy atom. The number of anilines is 1. The van der Waals surface area contributed by atoms with Crippen molar-refractivity contribution in [3.8, 4) is 0 Å². The second-order valence-electron chi connectivity index (χ2n) is 7.71. The fraction of sp³-hybridized carbons (Fsp3) is 0.333. The van der Waals surface area contributed by atoms with Gasteiger partial charge in [-0.15, -0.1) is 0 Å². The highest BCUT2D eigenvalue weighted by atomic mass is 32.2. The first-order valence-electron chi connectivity index (χ1n) is 9.70. The molecule has 2 amide bonds. The number of hydrogen-bond acceptors (Lipinski definition) is 6. The van der Waals surface area contributed by atoms with Crippen LogP contribution in [-0.4, -0.2) is 55.2 Å². The topological polar surface area (TPSA) is 145 Å². The van der Waals surface area contributed by atoms with E-state index in [-0.39, 0.29) is 29.2 Å². The van der Waals surface area contributed by atoms with Gasteiger partial charge in [0.2, 0.25) is 15.9 Å². The summed E-state index contributed by atoms with van der Waals surface area (Å²) in [5.74, 6) is -1.74. The zero-order chi connectivity index (χ0) is 23.9. The van der Waals surface area contributed by atoms with Gasteiger partial charge in [-0.05, 0) is 68.8 Å². The smallest absolute Gasteiger partial charge is 0.251 e. The minimum Gasteiger partial charge on any atom is -0.396 e. The molecule has 0 fully saturated rings. The van der Waals surface area contributed by atoms with Crippen LogP contribution in [0, 0.1) is 5.82 Å². The van der Waals surface area contributed by atoms with Crippen LogP contribution in [0.2, 0.25) is 0 Å². The number of carbonyl (C=O) groups is 2. The maximum atomic E-state index is 13.0. The first kappa shape index (κ1) is 25.4. The molecule has 11 heteroatoms. The van der Waals surface area contributed by atoms with Gasteiger partial charge in [-0.2, -0.15) is 0 Å². The lowest BCUT2D eigenvalue weighted by atomic mass is 10.1. The minimum atomic E-state index is -3.89. The average Bonchev–Trinajstić information content (AvgIpc) is 2.73. The number of nitrogens with one attached hydrogen (secondary N) is 3. The third-order valence-corrected chi connectivity index (χ3v) is 6.10. The third kappa shape index (κ3) is 7.09. The Morgan fingerprint density at radius 3 is 2.16 bits per heavy atom. The Morgan fingerprint density at radius 2 is 1.62 bits per heavy atom. The Hall–Kier alpha value is -2.86. The molecule has 1 atom stereocenters. The van der Waals surface area contributed by atoms with E-state index in [0.29, 0.717) is 0 Å². The van der Waals surface area contributed by atoms with Gasteiger partial charge in [0.15, 0.2) is 0 Å². The lowest BCUT2D eigenvalue weighted by molar-refractivity contribution is -0.118. The van der Waals surface area contributed by atoms with Crippen LogP contribution in [0.4, 0.5) is 10.1 Å². The van der Waals surface area contributed by atoms with Gasteiger partial charge in [0.1, 0.15) is 11.9 Å². The number of halogens is 1. The van der Waals surface area contributed by atoms with E-state index in [1.54, 1.807) is 0 Å². The van der Waals surface area contributed by atoms with E-state index in [1.807, 2.05) is 0 Å². The molecule has 2 rings (SSSR count). The van der Waals surface area contributed by atoms with Crippen LogP contribution in [0.25, 0.3) is 0 Å². The zero-order valence-electron chi connectivity index (χ0n) is 17.6.